The van der Waals surface area contributed by atoms with Crippen LogP contribution in [0.3, 0.4) is 0 Å². The van der Waals surface area contributed by atoms with Crippen molar-refractivity contribution in [1.29, 1.82) is 0 Å². The maximum absolute atomic E-state index is 13.2. The number of fused-ring (bicyclic) bond motifs is 1. The van der Waals surface area contributed by atoms with Crippen molar-refractivity contribution in [1.82, 2.24) is 15.0 Å². The minimum Gasteiger partial charge on any atom is -0.506 e. The molecule has 0 saturated carbocycles. The average Bonchev–Trinajstić information content (AvgIpc) is 2.75. The summed E-state index contributed by atoms with van der Waals surface area (Å²) in [6.07, 6.45) is 1.54. The number of nitrogens with zero attached hydrogens (tertiary/aromatic N) is 2. The molecular formula is C22H15N3O3. The van der Waals surface area contributed by atoms with E-state index in [1.54, 1.807) is 72.8 Å². The third-order valence-electron chi connectivity index (χ3n) is 4.25. The molecule has 136 valence electrons. The molecule has 6 heteroatoms. The predicted molar refractivity (Wildman–Crippen MR) is 107 cm³/mol. The van der Waals surface area contributed by atoms with E-state index in [1.807, 2.05) is 0 Å². The molecule has 28 heavy (non-hydrogen) atoms. The van der Waals surface area contributed by atoms with Gasteiger partial charge in [0, 0.05) is 17.3 Å². The largest absolute Gasteiger partial charge is 0.506 e. The number of carbonyl (C=O) groups is 1. The summed E-state index contributed by atoms with van der Waals surface area (Å²) in [5.74, 6) is -0.821. The lowest BCUT2D eigenvalue weighted by Crippen LogP contribution is -2.20. The zero-order valence-electron chi connectivity index (χ0n) is 14.7. The van der Waals surface area contributed by atoms with Crippen LogP contribution in [-0.2, 0) is 0 Å². The highest BCUT2D eigenvalue weighted by Crippen LogP contribution is 2.25. The van der Waals surface area contributed by atoms with Crippen molar-refractivity contribution >= 4 is 28.3 Å². The topological polar surface area (TPSA) is 95.9 Å². The molecule has 0 bridgehead atoms. The molecule has 2 aromatic carbocycles. The van der Waals surface area contributed by atoms with Gasteiger partial charge in [-0.25, -0.2) is 9.97 Å². The quantitative estimate of drug-likeness (QED) is 0.325. The van der Waals surface area contributed by atoms with Crippen molar-refractivity contribution in [2.45, 2.75) is 0 Å². The number of aliphatic hydroxyl groups is 1. The molecule has 0 amide bonds. The highest BCUT2D eigenvalue weighted by Gasteiger charge is 2.24. The summed E-state index contributed by atoms with van der Waals surface area (Å²) in [7, 11) is 0. The first-order valence-electron chi connectivity index (χ1n) is 8.59. The zero-order valence-corrected chi connectivity index (χ0v) is 14.7. The number of H-pyrrole nitrogens is 1. The van der Waals surface area contributed by atoms with E-state index in [-0.39, 0.29) is 22.7 Å². The monoisotopic (exact) mass is 369 g/mol. The lowest BCUT2D eigenvalue weighted by Gasteiger charge is -2.10. The van der Waals surface area contributed by atoms with Crippen LogP contribution in [0.2, 0.25) is 0 Å². The number of nitrogens with one attached hydrogen (secondary N) is 1. The molecule has 6 nitrogen and oxygen atoms in total. The van der Waals surface area contributed by atoms with E-state index in [2.05, 4.69) is 15.0 Å². The average molecular weight is 369 g/mol. The molecule has 0 fully saturated rings. The first kappa shape index (κ1) is 17.4. The number of allylic oxidation sites excluding steroid dienone is 1. The smallest absolute Gasteiger partial charge is 0.275 e. The number of benzene rings is 2. The number of carbonyl (C=O) groups excluding carboxylic acids is 1. The van der Waals surface area contributed by atoms with Crippen molar-refractivity contribution in [3.63, 3.8) is 0 Å². The minimum absolute atomic E-state index is 0.175. The second kappa shape index (κ2) is 7.28. The number of hydrogen-bond donors (Lipinski definition) is 2. The van der Waals surface area contributed by atoms with Crippen LogP contribution in [0, 0.1) is 0 Å². The molecular weight excluding hydrogens is 354 g/mol. The Morgan fingerprint density at radius 1 is 0.857 bits per heavy atom. The Morgan fingerprint density at radius 3 is 2.18 bits per heavy atom. The van der Waals surface area contributed by atoms with Gasteiger partial charge in [-0.2, -0.15) is 0 Å². The predicted octanol–water partition coefficient (Wildman–Crippen LogP) is 3.63. The van der Waals surface area contributed by atoms with Crippen LogP contribution >= 0.6 is 0 Å². The lowest BCUT2D eigenvalue weighted by atomic mass is 9.97. The van der Waals surface area contributed by atoms with Gasteiger partial charge >= 0.3 is 0 Å². The second-order valence-corrected chi connectivity index (χ2v) is 6.07. The normalized spacial score (nSPS) is 11.9. The Morgan fingerprint density at radius 2 is 1.50 bits per heavy atom. The van der Waals surface area contributed by atoms with Gasteiger partial charge in [-0.05, 0) is 12.1 Å². The van der Waals surface area contributed by atoms with Gasteiger partial charge in [0.2, 0.25) is 0 Å². The van der Waals surface area contributed by atoms with E-state index in [4.69, 9.17) is 0 Å². The summed E-state index contributed by atoms with van der Waals surface area (Å²) in [4.78, 5) is 37.0. The van der Waals surface area contributed by atoms with E-state index in [1.165, 1.54) is 6.20 Å². The fourth-order valence-electron chi connectivity index (χ4n) is 2.89. The molecule has 0 saturated heterocycles. The van der Waals surface area contributed by atoms with Crippen molar-refractivity contribution in [2.24, 2.45) is 0 Å². The molecule has 4 rings (SSSR count). The van der Waals surface area contributed by atoms with E-state index in [0.29, 0.717) is 16.6 Å². The van der Waals surface area contributed by atoms with Crippen LogP contribution in [0.4, 0.5) is 0 Å². The van der Waals surface area contributed by atoms with Gasteiger partial charge in [0.1, 0.15) is 11.5 Å². The van der Waals surface area contributed by atoms with Crippen molar-refractivity contribution < 1.29 is 9.90 Å². The Bertz CT molecular complexity index is 1250. The maximum atomic E-state index is 13.2. The Labute approximate surface area is 159 Å². The Balaban J connectivity index is 2.00. The molecule has 0 unspecified atom stereocenters. The number of rotatable bonds is 4. The van der Waals surface area contributed by atoms with Gasteiger partial charge < -0.3 is 10.1 Å². The molecule has 4 aromatic rings. The lowest BCUT2D eigenvalue weighted by molar-refractivity contribution is 0.105. The minimum atomic E-state index is -0.581. The SMILES string of the molecule is O=C(/C(=C(\O)c1ccccc1)c1nc2ncccc2[nH]c1=O)c1ccccc1. The number of ketones is 1. The van der Waals surface area contributed by atoms with Gasteiger partial charge in [0.15, 0.2) is 11.4 Å². The van der Waals surface area contributed by atoms with Gasteiger partial charge in [-0.3, -0.25) is 9.59 Å². The number of aliphatic hydroxyl groups excluding tert-OH is 1. The summed E-state index contributed by atoms with van der Waals surface area (Å²) in [6.45, 7) is 0. The Hall–Kier alpha value is -4.06. The van der Waals surface area contributed by atoms with Crippen LogP contribution in [0.15, 0.2) is 83.8 Å². The highest BCUT2D eigenvalue weighted by atomic mass is 16.3. The molecule has 0 atom stereocenters. The fourth-order valence-corrected chi connectivity index (χ4v) is 2.89. The number of aromatic amines is 1. The first-order valence-corrected chi connectivity index (χ1v) is 8.59. The van der Waals surface area contributed by atoms with E-state index in [0.717, 1.165) is 0 Å². The molecule has 0 spiro atoms. The number of aromatic nitrogens is 3. The zero-order chi connectivity index (χ0) is 19.5. The molecule has 0 aliphatic carbocycles. The van der Waals surface area contributed by atoms with Gasteiger partial charge in [-0.15, -0.1) is 0 Å². The van der Waals surface area contributed by atoms with E-state index in [9.17, 15) is 14.7 Å². The van der Waals surface area contributed by atoms with Gasteiger partial charge in [-0.1, -0.05) is 60.7 Å². The molecule has 0 aliphatic heterocycles. The summed E-state index contributed by atoms with van der Waals surface area (Å²) >= 11 is 0. The molecule has 2 aromatic heterocycles. The van der Waals surface area contributed by atoms with Crippen LogP contribution < -0.4 is 5.56 Å². The number of pyridine rings is 1. The third kappa shape index (κ3) is 3.19. The molecule has 2 N–H and O–H groups in total. The van der Waals surface area contributed by atoms with Crippen molar-refractivity contribution in [3.8, 4) is 0 Å². The van der Waals surface area contributed by atoms with E-state index >= 15 is 0 Å². The summed E-state index contributed by atoms with van der Waals surface area (Å²) in [6, 6.07) is 20.3. The second-order valence-electron chi connectivity index (χ2n) is 6.07. The summed E-state index contributed by atoms with van der Waals surface area (Å²) < 4.78 is 0. The molecule has 0 radical (unpaired) electrons. The molecule has 0 aliphatic rings. The highest BCUT2D eigenvalue weighted by molar-refractivity contribution is 6.33. The number of Topliss-reactive ketones (excluding diaryl/α,β-unsaturated/α-hetero) is 1. The van der Waals surface area contributed by atoms with Crippen molar-refractivity contribution in [3.05, 3.63) is 106 Å². The standard InChI is InChI=1S/C22H15N3O3/c26-19(14-8-3-1-4-9-14)17(20(27)15-10-5-2-6-11-15)18-22(28)24-16-12-7-13-23-21(16)25-18/h1-13,26H,(H,24,28)/b19-17-. The summed E-state index contributed by atoms with van der Waals surface area (Å²) in [5, 5.41) is 10.9. The van der Waals surface area contributed by atoms with Crippen LogP contribution in [0.1, 0.15) is 21.6 Å². The van der Waals surface area contributed by atoms with Crippen LogP contribution in [0.25, 0.3) is 22.5 Å². The third-order valence-corrected chi connectivity index (χ3v) is 4.25. The van der Waals surface area contributed by atoms with Gasteiger partial charge in [0.25, 0.3) is 5.56 Å². The number of hydrogen-bond acceptors (Lipinski definition) is 5. The van der Waals surface area contributed by atoms with E-state index < -0.39 is 11.3 Å². The first-order chi connectivity index (χ1) is 13.6. The maximum Gasteiger partial charge on any atom is 0.275 e. The van der Waals surface area contributed by atoms with Crippen molar-refractivity contribution in [2.75, 3.05) is 0 Å². The van der Waals surface area contributed by atoms with Gasteiger partial charge in [0.05, 0.1) is 11.1 Å². The summed E-state index contributed by atoms with van der Waals surface area (Å²) in [5.41, 5.74) is 0.527. The Kier molecular flexibility index (Phi) is 4.51. The van der Waals surface area contributed by atoms with Crippen LogP contribution in [0.5, 0.6) is 0 Å². The molecule has 2 heterocycles. The fraction of sp³-hybridized carbons (Fsp3) is 0. The van der Waals surface area contributed by atoms with Crippen LogP contribution in [-0.4, -0.2) is 25.8 Å².